The quantitative estimate of drug-likeness (QED) is 0.771. The van der Waals surface area contributed by atoms with Crippen molar-refractivity contribution in [3.63, 3.8) is 0 Å². The number of alkyl halides is 2. The number of rotatable bonds is 8. The molecule has 0 radical (unpaired) electrons. The molecule has 2 atom stereocenters. The van der Waals surface area contributed by atoms with Gasteiger partial charge in [0.05, 0.1) is 12.4 Å². The summed E-state index contributed by atoms with van der Waals surface area (Å²) in [6, 6.07) is 5.83. The van der Waals surface area contributed by atoms with Crippen LogP contribution in [0.4, 0.5) is 8.78 Å². The molecule has 2 rings (SSSR count). The molecule has 1 aliphatic carbocycles. The van der Waals surface area contributed by atoms with Gasteiger partial charge < -0.3 is 9.47 Å². The van der Waals surface area contributed by atoms with Crippen LogP contribution in [0.5, 0.6) is 11.5 Å². The van der Waals surface area contributed by atoms with Gasteiger partial charge in [-0.15, -0.1) is 0 Å². The molecule has 1 aliphatic rings. The SMILES string of the molecule is CCS(=O)(=O)NC1CCCCC1COc1ccc(OC(F)F)cc1. The first-order chi connectivity index (χ1) is 11.4. The number of ether oxygens (including phenoxy) is 2. The maximum atomic E-state index is 12.1. The Hall–Kier alpha value is -1.41. The van der Waals surface area contributed by atoms with Crippen molar-refractivity contribution in [3.05, 3.63) is 24.3 Å². The van der Waals surface area contributed by atoms with E-state index in [2.05, 4.69) is 9.46 Å². The van der Waals surface area contributed by atoms with Crippen LogP contribution in [0.15, 0.2) is 24.3 Å². The summed E-state index contributed by atoms with van der Waals surface area (Å²) >= 11 is 0. The lowest BCUT2D eigenvalue weighted by Gasteiger charge is -2.31. The molecule has 0 aliphatic heterocycles. The van der Waals surface area contributed by atoms with E-state index in [0.29, 0.717) is 12.4 Å². The summed E-state index contributed by atoms with van der Waals surface area (Å²) < 4.78 is 60.5. The van der Waals surface area contributed by atoms with Gasteiger partial charge in [0.15, 0.2) is 0 Å². The summed E-state index contributed by atoms with van der Waals surface area (Å²) in [6.45, 7) is -0.864. The average Bonchev–Trinajstić information content (AvgIpc) is 2.54. The first kappa shape index (κ1) is 18.9. The van der Waals surface area contributed by atoms with Crippen molar-refractivity contribution >= 4 is 10.0 Å². The molecule has 0 bridgehead atoms. The predicted octanol–water partition coefficient (Wildman–Crippen LogP) is 3.16. The van der Waals surface area contributed by atoms with Crippen molar-refractivity contribution in [1.29, 1.82) is 0 Å². The third-order valence-corrected chi connectivity index (χ3v) is 5.55. The van der Waals surface area contributed by atoms with E-state index in [1.807, 2.05) is 0 Å². The van der Waals surface area contributed by atoms with Crippen LogP contribution in [0.3, 0.4) is 0 Å². The van der Waals surface area contributed by atoms with Gasteiger partial charge in [-0.2, -0.15) is 8.78 Å². The molecule has 2 unspecified atom stereocenters. The monoisotopic (exact) mass is 363 g/mol. The molecule has 0 amide bonds. The molecule has 136 valence electrons. The summed E-state index contributed by atoms with van der Waals surface area (Å²) in [7, 11) is -3.25. The zero-order chi connectivity index (χ0) is 17.6. The summed E-state index contributed by atoms with van der Waals surface area (Å²) in [5.41, 5.74) is 0. The maximum absolute atomic E-state index is 12.1. The molecule has 5 nitrogen and oxygen atoms in total. The molecule has 1 aromatic rings. The third kappa shape index (κ3) is 5.90. The molecular formula is C16H23F2NO4S. The van der Waals surface area contributed by atoms with Crippen molar-refractivity contribution in [2.24, 2.45) is 5.92 Å². The van der Waals surface area contributed by atoms with Crippen LogP contribution in [-0.4, -0.2) is 33.4 Å². The van der Waals surface area contributed by atoms with Gasteiger partial charge in [0.25, 0.3) is 0 Å². The molecule has 0 heterocycles. The number of sulfonamides is 1. The van der Waals surface area contributed by atoms with Crippen LogP contribution in [0.2, 0.25) is 0 Å². The van der Waals surface area contributed by atoms with E-state index in [1.165, 1.54) is 12.1 Å². The zero-order valence-electron chi connectivity index (χ0n) is 13.6. The van der Waals surface area contributed by atoms with E-state index in [0.717, 1.165) is 25.7 Å². The highest BCUT2D eigenvalue weighted by atomic mass is 32.2. The fourth-order valence-corrected chi connectivity index (χ4v) is 3.74. The van der Waals surface area contributed by atoms with Crippen LogP contribution >= 0.6 is 0 Å². The fraction of sp³-hybridized carbons (Fsp3) is 0.625. The summed E-state index contributed by atoms with van der Waals surface area (Å²) in [4.78, 5) is 0. The van der Waals surface area contributed by atoms with Crippen molar-refractivity contribution in [2.75, 3.05) is 12.4 Å². The lowest BCUT2D eigenvalue weighted by molar-refractivity contribution is -0.0498. The van der Waals surface area contributed by atoms with Crippen LogP contribution in [0, 0.1) is 5.92 Å². The van der Waals surface area contributed by atoms with Crippen molar-refractivity contribution < 1.29 is 26.7 Å². The Morgan fingerprint density at radius 1 is 1.17 bits per heavy atom. The Balaban J connectivity index is 1.91. The molecule has 0 spiro atoms. The Kier molecular flexibility index (Phi) is 6.79. The van der Waals surface area contributed by atoms with Gasteiger partial charge in [-0.05, 0) is 44.0 Å². The molecular weight excluding hydrogens is 340 g/mol. The van der Waals surface area contributed by atoms with Crippen LogP contribution < -0.4 is 14.2 Å². The number of hydrogen-bond donors (Lipinski definition) is 1. The van der Waals surface area contributed by atoms with Crippen molar-refractivity contribution in [2.45, 2.75) is 45.3 Å². The molecule has 1 fully saturated rings. The highest BCUT2D eigenvalue weighted by Gasteiger charge is 2.28. The second kappa shape index (κ2) is 8.62. The average molecular weight is 363 g/mol. The largest absolute Gasteiger partial charge is 0.493 e. The summed E-state index contributed by atoms with van der Waals surface area (Å²) in [6.07, 6.45) is 3.73. The maximum Gasteiger partial charge on any atom is 0.387 e. The van der Waals surface area contributed by atoms with E-state index in [-0.39, 0.29) is 23.5 Å². The smallest absolute Gasteiger partial charge is 0.387 e. The van der Waals surface area contributed by atoms with Gasteiger partial charge in [0.2, 0.25) is 10.0 Å². The Morgan fingerprint density at radius 2 is 1.79 bits per heavy atom. The number of hydrogen-bond acceptors (Lipinski definition) is 4. The van der Waals surface area contributed by atoms with E-state index < -0.39 is 16.6 Å². The second-order valence-electron chi connectivity index (χ2n) is 5.83. The Labute approximate surface area is 141 Å². The van der Waals surface area contributed by atoms with E-state index in [9.17, 15) is 17.2 Å². The van der Waals surface area contributed by atoms with Crippen LogP contribution in [-0.2, 0) is 10.0 Å². The van der Waals surface area contributed by atoms with Crippen molar-refractivity contribution in [3.8, 4) is 11.5 Å². The Bertz CT molecular complexity index is 607. The molecule has 0 saturated heterocycles. The Morgan fingerprint density at radius 3 is 2.42 bits per heavy atom. The first-order valence-electron chi connectivity index (χ1n) is 8.07. The van der Waals surface area contributed by atoms with Gasteiger partial charge in [0, 0.05) is 12.0 Å². The van der Waals surface area contributed by atoms with Crippen LogP contribution in [0.25, 0.3) is 0 Å². The van der Waals surface area contributed by atoms with Gasteiger partial charge >= 0.3 is 6.61 Å². The standard InChI is InChI=1S/C16H23F2NO4S/c1-2-24(20,21)19-15-6-4-3-5-12(15)11-22-13-7-9-14(10-8-13)23-16(17)18/h7-10,12,15-16,19H,2-6,11H2,1H3. The molecule has 1 N–H and O–H groups in total. The molecule has 0 aromatic heterocycles. The molecule has 1 saturated carbocycles. The second-order valence-corrected chi connectivity index (χ2v) is 7.88. The number of nitrogens with one attached hydrogen (secondary N) is 1. The topological polar surface area (TPSA) is 64.6 Å². The van der Waals surface area contributed by atoms with Gasteiger partial charge in [-0.1, -0.05) is 12.8 Å². The lowest BCUT2D eigenvalue weighted by atomic mass is 9.86. The first-order valence-corrected chi connectivity index (χ1v) is 9.72. The summed E-state index contributed by atoms with van der Waals surface area (Å²) in [5.74, 6) is 0.767. The summed E-state index contributed by atoms with van der Waals surface area (Å²) in [5, 5.41) is 0. The van der Waals surface area contributed by atoms with Gasteiger partial charge in [-0.25, -0.2) is 13.1 Å². The van der Waals surface area contributed by atoms with E-state index in [4.69, 9.17) is 4.74 Å². The molecule has 8 heteroatoms. The minimum atomic E-state index is -3.25. The molecule has 24 heavy (non-hydrogen) atoms. The highest BCUT2D eigenvalue weighted by Crippen LogP contribution is 2.27. The van der Waals surface area contributed by atoms with Crippen LogP contribution in [0.1, 0.15) is 32.6 Å². The zero-order valence-corrected chi connectivity index (χ0v) is 14.4. The van der Waals surface area contributed by atoms with E-state index >= 15 is 0 Å². The van der Waals surface area contributed by atoms with Crippen molar-refractivity contribution in [1.82, 2.24) is 4.72 Å². The highest BCUT2D eigenvalue weighted by molar-refractivity contribution is 7.89. The number of benzene rings is 1. The van der Waals surface area contributed by atoms with Gasteiger partial charge in [-0.3, -0.25) is 0 Å². The normalized spacial score (nSPS) is 21.7. The van der Waals surface area contributed by atoms with E-state index in [1.54, 1.807) is 19.1 Å². The van der Waals surface area contributed by atoms with Gasteiger partial charge in [0.1, 0.15) is 11.5 Å². The minimum absolute atomic E-state index is 0.0582. The minimum Gasteiger partial charge on any atom is -0.493 e. The predicted molar refractivity (Wildman–Crippen MR) is 86.9 cm³/mol. The molecule has 1 aromatic carbocycles. The third-order valence-electron chi connectivity index (χ3n) is 4.13. The fourth-order valence-electron chi connectivity index (χ4n) is 2.80. The number of halogens is 2. The lowest BCUT2D eigenvalue weighted by Crippen LogP contribution is -2.44.